The minimum absolute atomic E-state index is 0.150. The van der Waals surface area contributed by atoms with E-state index in [1.54, 1.807) is 21.3 Å². The topological polar surface area (TPSA) is 78.4 Å². The quantitative estimate of drug-likeness (QED) is 0.396. The summed E-state index contributed by atoms with van der Waals surface area (Å²) in [4.78, 5) is 0. The van der Waals surface area contributed by atoms with E-state index in [1.165, 1.54) is 18.4 Å². The summed E-state index contributed by atoms with van der Waals surface area (Å²) < 4.78 is 27.9. The molecular weight excluding hydrogens is 446 g/mol. The zero-order valence-corrected chi connectivity index (χ0v) is 21.3. The number of rotatable bonds is 15. The molecule has 1 unspecified atom stereocenters. The molecule has 0 saturated heterocycles. The van der Waals surface area contributed by atoms with Gasteiger partial charge < -0.3 is 34.1 Å². The summed E-state index contributed by atoms with van der Waals surface area (Å²) in [5.41, 5.74) is 2.36. The number of methoxy groups -OCH3 is 3. The summed E-state index contributed by atoms with van der Waals surface area (Å²) in [7, 11) is 4.99. The maximum atomic E-state index is 10.4. The molecule has 194 valence electrons. The highest BCUT2D eigenvalue weighted by molar-refractivity contribution is 5.42. The predicted octanol–water partition coefficient (Wildman–Crippen LogP) is 3.79. The molecule has 1 aliphatic rings. The molecule has 0 aliphatic heterocycles. The summed E-state index contributed by atoms with van der Waals surface area (Å²) in [5, 5.41) is 14.0. The van der Waals surface area contributed by atoms with Crippen molar-refractivity contribution in [1.82, 2.24) is 5.32 Å². The van der Waals surface area contributed by atoms with E-state index in [1.807, 2.05) is 42.5 Å². The Balaban J connectivity index is 1.39. The summed E-state index contributed by atoms with van der Waals surface area (Å²) in [5.74, 6) is 2.23. The lowest BCUT2D eigenvalue weighted by Gasteiger charge is -2.33. The molecular formula is C28H41NO6. The highest BCUT2D eigenvalue weighted by Crippen LogP contribution is 2.28. The van der Waals surface area contributed by atoms with Crippen molar-refractivity contribution in [2.45, 2.75) is 56.8 Å². The van der Waals surface area contributed by atoms with Crippen LogP contribution in [-0.4, -0.2) is 71.1 Å². The van der Waals surface area contributed by atoms with Crippen molar-refractivity contribution < 1.29 is 28.8 Å². The molecule has 1 aliphatic carbocycles. The van der Waals surface area contributed by atoms with Crippen molar-refractivity contribution in [3.8, 4) is 17.2 Å². The molecule has 2 aromatic carbocycles. The van der Waals surface area contributed by atoms with Gasteiger partial charge in [0.25, 0.3) is 0 Å². The first-order valence-corrected chi connectivity index (χ1v) is 12.6. The number of aliphatic hydroxyl groups is 1. The molecule has 0 amide bonds. The third kappa shape index (κ3) is 9.00. The zero-order valence-electron chi connectivity index (χ0n) is 21.3. The van der Waals surface area contributed by atoms with Crippen LogP contribution in [0.4, 0.5) is 0 Å². The molecule has 0 heterocycles. The zero-order chi connectivity index (χ0) is 24.9. The van der Waals surface area contributed by atoms with Gasteiger partial charge in [0.05, 0.1) is 33.5 Å². The van der Waals surface area contributed by atoms with E-state index in [2.05, 4.69) is 5.32 Å². The van der Waals surface area contributed by atoms with Gasteiger partial charge in [-0.15, -0.1) is 0 Å². The van der Waals surface area contributed by atoms with Gasteiger partial charge in [-0.05, 0) is 61.1 Å². The number of aliphatic hydroxyl groups excluding tert-OH is 1. The predicted molar refractivity (Wildman–Crippen MR) is 137 cm³/mol. The van der Waals surface area contributed by atoms with E-state index in [4.69, 9.17) is 23.7 Å². The first-order chi connectivity index (χ1) is 17.1. The Bertz CT molecular complexity index is 859. The number of nitrogens with one attached hydrogen (secondary N) is 1. The van der Waals surface area contributed by atoms with Gasteiger partial charge in [-0.2, -0.15) is 0 Å². The van der Waals surface area contributed by atoms with E-state index < -0.39 is 6.10 Å². The van der Waals surface area contributed by atoms with Crippen LogP contribution in [0.2, 0.25) is 0 Å². The molecule has 0 aromatic heterocycles. The Kier molecular flexibility index (Phi) is 11.6. The molecule has 2 N–H and O–H groups in total. The minimum Gasteiger partial charge on any atom is -0.493 e. The SMILES string of the molecule is COCCc1ccc(OCC(O)CN[C@@H]2CCCC[C@H]2OCCc2ccc(OC)c(OC)c2)cc1. The second-order valence-corrected chi connectivity index (χ2v) is 9.00. The van der Waals surface area contributed by atoms with Crippen molar-refractivity contribution in [3.05, 3.63) is 53.6 Å². The molecule has 1 fully saturated rings. The van der Waals surface area contributed by atoms with Crippen LogP contribution in [0.3, 0.4) is 0 Å². The fourth-order valence-electron chi connectivity index (χ4n) is 4.41. The average molecular weight is 488 g/mol. The number of hydrogen-bond donors (Lipinski definition) is 2. The fraction of sp³-hybridized carbons (Fsp3) is 0.571. The Labute approximate surface area is 209 Å². The molecule has 7 nitrogen and oxygen atoms in total. The second kappa shape index (κ2) is 14.9. The second-order valence-electron chi connectivity index (χ2n) is 9.00. The van der Waals surface area contributed by atoms with E-state index in [9.17, 15) is 5.11 Å². The molecule has 3 atom stereocenters. The first kappa shape index (κ1) is 27.3. The van der Waals surface area contributed by atoms with Crippen molar-refractivity contribution in [2.75, 3.05) is 47.7 Å². The van der Waals surface area contributed by atoms with Crippen LogP contribution in [0.5, 0.6) is 17.2 Å². The lowest BCUT2D eigenvalue weighted by atomic mass is 9.92. The van der Waals surface area contributed by atoms with Crippen molar-refractivity contribution >= 4 is 0 Å². The Morgan fingerprint density at radius 3 is 2.34 bits per heavy atom. The van der Waals surface area contributed by atoms with Crippen LogP contribution in [-0.2, 0) is 22.3 Å². The molecule has 3 rings (SSSR count). The maximum Gasteiger partial charge on any atom is 0.160 e. The average Bonchev–Trinajstić information content (AvgIpc) is 2.90. The lowest BCUT2D eigenvalue weighted by molar-refractivity contribution is 0.00183. The van der Waals surface area contributed by atoms with Crippen molar-refractivity contribution in [3.63, 3.8) is 0 Å². The summed E-state index contributed by atoms with van der Waals surface area (Å²) in [6.45, 7) is 2.07. The fourth-order valence-corrected chi connectivity index (χ4v) is 4.41. The standard InChI is InChI=1S/C28H41NO6/c1-31-16-14-21-8-11-24(12-9-21)35-20-23(30)19-29-25-6-4-5-7-26(25)34-17-15-22-10-13-27(32-2)28(18-22)33-3/h8-13,18,23,25-26,29-30H,4-7,14-17,19-20H2,1-3H3/t23?,25-,26-/m1/s1. The monoisotopic (exact) mass is 487 g/mol. The van der Waals surface area contributed by atoms with Crippen LogP contribution < -0.4 is 19.5 Å². The summed E-state index contributed by atoms with van der Waals surface area (Å²) in [6, 6.07) is 14.2. The maximum absolute atomic E-state index is 10.4. The Morgan fingerprint density at radius 1 is 0.886 bits per heavy atom. The summed E-state index contributed by atoms with van der Waals surface area (Å²) >= 11 is 0. The van der Waals surface area contributed by atoms with Gasteiger partial charge in [0.15, 0.2) is 11.5 Å². The molecule has 2 aromatic rings. The highest BCUT2D eigenvalue weighted by Gasteiger charge is 2.26. The molecule has 0 bridgehead atoms. The molecule has 7 heteroatoms. The summed E-state index contributed by atoms with van der Waals surface area (Å²) in [6.07, 6.45) is 5.69. The van der Waals surface area contributed by atoms with Crippen molar-refractivity contribution in [2.24, 2.45) is 0 Å². The van der Waals surface area contributed by atoms with Crippen LogP contribution in [0.25, 0.3) is 0 Å². The van der Waals surface area contributed by atoms with Crippen LogP contribution in [0.1, 0.15) is 36.8 Å². The van der Waals surface area contributed by atoms with E-state index >= 15 is 0 Å². The Hall–Kier alpha value is -2.32. The molecule has 35 heavy (non-hydrogen) atoms. The van der Waals surface area contributed by atoms with E-state index in [0.717, 1.165) is 48.5 Å². The normalized spacial score (nSPS) is 18.7. The molecule has 0 radical (unpaired) electrons. The largest absolute Gasteiger partial charge is 0.493 e. The van der Waals surface area contributed by atoms with Crippen molar-refractivity contribution in [1.29, 1.82) is 0 Å². The van der Waals surface area contributed by atoms with Gasteiger partial charge in [0, 0.05) is 19.7 Å². The number of hydrogen-bond acceptors (Lipinski definition) is 7. The van der Waals surface area contributed by atoms with Gasteiger partial charge in [-0.1, -0.05) is 31.0 Å². The van der Waals surface area contributed by atoms with Gasteiger partial charge in [0.1, 0.15) is 18.5 Å². The van der Waals surface area contributed by atoms with Crippen LogP contribution in [0.15, 0.2) is 42.5 Å². The van der Waals surface area contributed by atoms with Crippen LogP contribution in [0, 0.1) is 0 Å². The van der Waals surface area contributed by atoms with E-state index in [0.29, 0.717) is 19.8 Å². The van der Waals surface area contributed by atoms with Gasteiger partial charge >= 0.3 is 0 Å². The van der Waals surface area contributed by atoms with Gasteiger partial charge in [0.2, 0.25) is 0 Å². The minimum atomic E-state index is -0.586. The molecule has 1 saturated carbocycles. The third-order valence-electron chi connectivity index (χ3n) is 6.45. The van der Waals surface area contributed by atoms with Gasteiger partial charge in [-0.25, -0.2) is 0 Å². The van der Waals surface area contributed by atoms with Gasteiger partial charge in [-0.3, -0.25) is 0 Å². The number of ether oxygens (including phenoxy) is 5. The van der Waals surface area contributed by atoms with Crippen LogP contribution >= 0.6 is 0 Å². The number of benzene rings is 2. The van der Waals surface area contributed by atoms with E-state index in [-0.39, 0.29) is 18.8 Å². The Morgan fingerprint density at radius 2 is 1.60 bits per heavy atom. The lowest BCUT2D eigenvalue weighted by Crippen LogP contribution is -2.47. The molecule has 0 spiro atoms. The first-order valence-electron chi connectivity index (χ1n) is 12.6. The smallest absolute Gasteiger partial charge is 0.160 e. The third-order valence-corrected chi connectivity index (χ3v) is 6.45. The highest BCUT2D eigenvalue weighted by atomic mass is 16.5.